The van der Waals surface area contributed by atoms with Crippen LogP contribution in [0.3, 0.4) is 0 Å². The molecule has 0 amide bonds. The van der Waals surface area contributed by atoms with Crippen molar-refractivity contribution < 1.29 is 69.3 Å². The van der Waals surface area contributed by atoms with Crippen molar-refractivity contribution in [2.24, 2.45) is 0 Å². The maximum Gasteiger partial charge on any atom is 0.187 e. The van der Waals surface area contributed by atoms with Crippen LogP contribution in [0.5, 0.6) is 0 Å². The van der Waals surface area contributed by atoms with Gasteiger partial charge >= 0.3 is 0 Å². The Hall–Kier alpha value is -0.560. The third-order valence-electron chi connectivity index (χ3n) is 5.87. The number of methoxy groups -OCH3 is 1. The third-order valence-corrected chi connectivity index (χ3v) is 5.87. The highest BCUT2D eigenvalue weighted by atomic mass is 16.7. The molecule has 3 aliphatic heterocycles. The zero-order valence-corrected chi connectivity index (χ0v) is 17.5. The second-order valence-electron chi connectivity index (χ2n) is 8.08. The van der Waals surface area contributed by atoms with Gasteiger partial charge in [0.25, 0.3) is 0 Å². The molecule has 3 fully saturated rings. The third kappa shape index (κ3) is 5.08. The van der Waals surface area contributed by atoms with Crippen LogP contribution in [0, 0.1) is 0 Å². The molecule has 3 saturated heterocycles. The van der Waals surface area contributed by atoms with E-state index >= 15 is 0 Å². The van der Waals surface area contributed by atoms with Crippen LogP contribution in [0.4, 0.5) is 0 Å². The Balaban J connectivity index is 1.73. The van der Waals surface area contributed by atoms with Crippen LogP contribution in [-0.4, -0.2) is 147 Å². The molecule has 8 N–H and O–H groups in total. The van der Waals surface area contributed by atoms with Gasteiger partial charge in [0.2, 0.25) is 0 Å². The second-order valence-corrected chi connectivity index (χ2v) is 8.08. The molecular weight excluding hydrogens is 440 g/mol. The molecule has 0 aliphatic carbocycles. The molecule has 3 rings (SSSR count). The van der Waals surface area contributed by atoms with Gasteiger partial charge in [0, 0.05) is 7.11 Å². The number of hydrogen-bond acceptors (Lipinski definition) is 14. The van der Waals surface area contributed by atoms with Gasteiger partial charge in [-0.15, -0.1) is 0 Å². The quantitative estimate of drug-likeness (QED) is 0.181. The highest BCUT2D eigenvalue weighted by Crippen LogP contribution is 2.31. The van der Waals surface area contributed by atoms with Gasteiger partial charge in [0.15, 0.2) is 18.9 Å². The van der Waals surface area contributed by atoms with E-state index in [1.54, 1.807) is 0 Å². The molecule has 3 heterocycles. The van der Waals surface area contributed by atoms with Gasteiger partial charge in [-0.2, -0.15) is 0 Å². The van der Waals surface area contributed by atoms with Gasteiger partial charge in [-0.3, -0.25) is 0 Å². The van der Waals surface area contributed by atoms with Crippen molar-refractivity contribution in [1.29, 1.82) is 0 Å². The van der Waals surface area contributed by atoms with E-state index in [9.17, 15) is 40.9 Å². The van der Waals surface area contributed by atoms with Crippen LogP contribution >= 0.6 is 0 Å². The van der Waals surface area contributed by atoms with Gasteiger partial charge in [-0.1, -0.05) is 0 Å². The molecule has 0 unspecified atom stereocenters. The van der Waals surface area contributed by atoms with E-state index < -0.39 is 92.6 Å². The fourth-order valence-electron chi connectivity index (χ4n) is 3.91. The fraction of sp³-hybridized carbons (Fsp3) is 1.00. The fourth-order valence-corrected chi connectivity index (χ4v) is 3.91. The van der Waals surface area contributed by atoms with E-state index in [1.165, 1.54) is 14.0 Å². The van der Waals surface area contributed by atoms with E-state index in [0.29, 0.717) is 0 Å². The van der Waals surface area contributed by atoms with Crippen LogP contribution in [0.1, 0.15) is 6.92 Å². The van der Waals surface area contributed by atoms with E-state index in [-0.39, 0.29) is 6.61 Å². The lowest BCUT2D eigenvalue weighted by Gasteiger charge is -2.47. The Kier molecular flexibility index (Phi) is 8.79. The highest BCUT2D eigenvalue weighted by molar-refractivity contribution is 4.94. The average Bonchev–Trinajstić information content (AvgIpc) is 2.77. The number of rotatable bonds is 6. The first-order valence-electron chi connectivity index (χ1n) is 10.2. The first kappa shape index (κ1) is 26.1. The zero-order valence-electron chi connectivity index (χ0n) is 17.5. The summed E-state index contributed by atoms with van der Waals surface area (Å²) in [6.45, 7) is 0.545. The van der Waals surface area contributed by atoms with Gasteiger partial charge < -0.3 is 69.3 Å². The molecular formula is C18H32O14. The topological polar surface area (TPSA) is 217 Å². The number of aliphatic hydroxyl groups is 8. The van der Waals surface area contributed by atoms with Gasteiger partial charge in [-0.05, 0) is 6.92 Å². The first-order chi connectivity index (χ1) is 15.1. The van der Waals surface area contributed by atoms with Crippen molar-refractivity contribution in [2.45, 2.75) is 92.9 Å². The Morgan fingerprint density at radius 2 is 1.31 bits per heavy atom. The van der Waals surface area contributed by atoms with Crippen LogP contribution in [0.15, 0.2) is 0 Å². The van der Waals surface area contributed by atoms with Crippen LogP contribution in [0.25, 0.3) is 0 Å². The number of ether oxygens (including phenoxy) is 6. The van der Waals surface area contributed by atoms with E-state index in [4.69, 9.17) is 28.4 Å². The first-order valence-corrected chi connectivity index (χ1v) is 10.2. The van der Waals surface area contributed by atoms with E-state index in [0.717, 1.165) is 0 Å². The lowest BCUT2D eigenvalue weighted by Crippen LogP contribution is -2.65. The summed E-state index contributed by atoms with van der Waals surface area (Å²) in [5.41, 5.74) is 0. The minimum Gasteiger partial charge on any atom is -0.394 e. The lowest BCUT2D eigenvalue weighted by atomic mass is 9.97. The van der Waals surface area contributed by atoms with Gasteiger partial charge in [-0.25, -0.2) is 0 Å². The van der Waals surface area contributed by atoms with Crippen LogP contribution < -0.4 is 0 Å². The molecule has 0 saturated carbocycles. The average molecular weight is 472 g/mol. The van der Waals surface area contributed by atoms with Gasteiger partial charge in [0.1, 0.15) is 61.0 Å². The van der Waals surface area contributed by atoms with Crippen molar-refractivity contribution >= 4 is 0 Å². The maximum absolute atomic E-state index is 10.7. The minimum absolute atomic E-state index is 0.216. The summed E-state index contributed by atoms with van der Waals surface area (Å²) in [5, 5.41) is 81.0. The number of aliphatic hydroxyl groups excluding tert-OH is 8. The van der Waals surface area contributed by atoms with Crippen molar-refractivity contribution in [3.8, 4) is 0 Å². The maximum atomic E-state index is 10.7. The smallest absolute Gasteiger partial charge is 0.187 e. The standard InChI is InChI=1S/C18H32O14/c1-5-8(21)15(32-17-11(24)10(23)9(22)7(3-19)30-17)13(26)18(29-5)31-14-6(20)4-28-16(27-2)12(14)25/h5-26H,3-4H2,1-2H3/t5-,6-,7-,8+,9+,10+,11-,12-,13-,14+,15+,16-,17-,18+/m1/s1. The Morgan fingerprint density at radius 3 is 1.94 bits per heavy atom. The summed E-state index contributed by atoms with van der Waals surface area (Å²) < 4.78 is 31.9. The van der Waals surface area contributed by atoms with Gasteiger partial charge in [0.05, 0.1) is 19.3 Å². The highest BCUT2D eigenvalue weighted by Gasteiger charge is 2.52. The largest absolute Gasteiger partial charge is 0.394 e. The molecule has 0 aromatic heterocycles. The summed E-state index contributed by atoms with van der Waals surface area (Å²) in [6, 6.07) is 0. The van der Waals surface area contributed by atoms with E-state index in [1.807, 2.05) is 0 Å². The predicted octanol–water partition coefficient (Wildman–Crippen LogP) is -5.25. The Bertz CT molecular complexity index is 594. The summed E-state index contributed by atoms with van der Waals surface area (Å²) in [7, 11) is 1.29. The second kappa shape index (κ2) is 10.8. The summed E-state index contributed by atoms with van der Waals surface area (Å²) >= 11 is 0. The Morgan fingerprint density at radius 1 is 0.719 bits per heavy atom. The SMILES string of the molecule is CO[C@@H]1OC[C@@H](O)[C@H](O[C@@H]2O[C@H](C)[C@H](O)[C@H](O[C@H]3O[C@H](CO)[C@H](O)[C@H](O)[C@H]3O)[C@H]2O)[C@H]1O. The van der Waals surface area contributed by atoms with Crippen LogP contribution in [-0.2, 0) is 28.4 Å². The molecule has 14 heteroatoms. The molecule has 14 nitrogen and oxygen atoms in total. The lowest BCUT2D eigenvalue weighted by molar-refractivity contribution is -0.372. The number of hydrogen-bond donors (Lipinski definition) is 8. The monoisotopic (exact) mass is 472 g/mol. The van der Waals surface area contributed by atoms with Crippen molar-refractivity contribution in [2.75, 3.05) is 20.3 Å². The normalized spacial score (nSPS) is 52.7. The molecule has 32 heavy (non-hydrogen) atoms. The van der Waals surface area contributed by atoms with Crippen molar-refractivity contribution in [3.63, 3.8) is 0 Å². The minimum atomic E-state index is -1.76. The van der Waals surface area contributed by atoms with Crippen molar-refractivity contribution in [3.05, 3.63) is 0 Å². The molecule has 0 aromatic rings. The summed E-state index contributed by atoms with van der Waals surface area (Å²) in [5.74, 6) is 0. The zero-order chi connectivity index (χ0) is 23.7. The van der Waals surface area contributed by atoms with E-state index in [2.05, 4.69) is 0 Å². The van der Waals surface area contributed by atoms with Crippen LogP contribution in [0.2, 0.25) is 0 Å². The summed E-state index contributed by atoms with van der Waals surface area (Å²) in [6.07, 6.45) is -20.1. The molecule has 0 aromatic carbocycles. The Labute approximate surface area is 183 Å². The molecule has 0 bridgehead atoms. The van der Waals surface area contributed by atoms with Crippen molar-refractivity contribution in [1.82, 2.24) is 0 Å². The molecule has 0 radical (unpaired) electrons. The molecule has 3 aliphatic rings. The molecule has 14 atom stereocenters. The molecule has 188 valence electrons. The predicted molar refractivity (Wildman–Crippen MR) is 98.6 cm³/mol. The summed E-state index contributed by atoms with van der Waals surface area (Å²) in [4.78, 5) is 0. The molecule has 0 spiro atoms.